The molecule has 0 bridgehead atoms. The van der Waals surface area contributed by atoms with E-state index >= 15 is 0 Å². The van der Waals surface area contributed by atoms with Gasteiger partial charge in [0.25, 0.3) is 0 Å². The molecule has 4 rings (SSSR count). The Hall–Kier alpha value is -3.69. The predicted molar refractivity (Wildman–Crippen MR) is 171 cm³/mol. The Morgan fingerprint density at radius 3 is 2.46 bits per heavy atom. The van der Waals surface area contributed by atoms with Gasteiger partial charge in [0.2, 0.25) is 0 Å². The minimum atomic E-state index is -0.297. The molecule has 1 aliphatic heterocycles. The number of anilines is 1. The van der Waals surface area contributed by atoms with E-state index in [0.717, 1.165) is 60.4 Å². The van der Waals surface area contributed by atoms with Gasteiger partial charge in [-0.15, -0.1) is 0 Å². The van der Waals surface area contributed by atoms with E-state index in [2.05, 4.69) is 69.7 Å². The minimum Gasteiger partial charge on any atom is -0.384 e. The maximum absolute atomic E-state index is 7.59. The van der Waals surface area contributed by atoms with Crippen molar-refractivity contribution in [1.82, 2.24) is 25.5 Å². The number of rotatable bonds is 11. The molecule has 2 aromatic heterocycles. The third-order valence-electron chi connectivity index (χ3n) is 7.71. The number of likely N-dealkylation sites (N-methyl/N-ethyl adjacent to an activating group) is 1. The zero-order valence-corrected chi connectivity index (χ0v) is 24.7. The molecule has 3 aromatic rings. The summed E-state index contributed by atoms with van der Waals surface area (Å²) in [4.78, 5) is 11.4. The average Bonchev–Trinajstić information content (AvgIpc) is 2.97. The molecule has 8 nitrogen and oxygen atoms in total. The van der Waals surface area contributed by atoms with Crippen molar-refractivity contribution < 1.29 is 0 Å². The topological polar surface area (TPSA) is 129 Å². The molecule has 1 aliphatic rings. The lowest BCUT2D eigenvalue weighted by Gasteiger charge is -2.32. The molecule has 0 spiro atoms. The van der Waals surface area contributed by atoms with Crippen LogP contribution in [-0.2, 0) is 0 Å². The summed E-state index contributed by atoms with van der Waals surface area (Å²) < 4.78 is 0. The molecule has 8 heteroatoms. The van der Waals surface area contributed by atoms with Crippen molar-refractivity contribution in [3.63, 3.8) is 0 Å². The van der Waals surface area contributed by atoms with Gasteiger partial charge in [-0.2, -0.15) is 0 Å². The van der Waals surface area contributed by atoms with Crippen molar-refractivity contribution in [3.05, 3.63) is 95.0 Å². The molecule has 0 saturated carbocycles. The number of hydrogen-bond donors (Lipinski definition) is 5. The van der Waals surface area contributed by atoms with Gasteiger partial charge in [0.05, 0.1) is 12.3 Å². The average molecular weight is 553 g/mol. The number of piperidine rings is 1. The third kappa shape index (κ3) is 8.41. The Morgan fingerprint density at radius 2 is 1.83 bits per heavy atom. The van der Waals surface area contributed by atoms with Crippen molar-refractivity contribution in [2.75, 3.05) is 32.4 Å². The molecule has 3 heterocycles. The maximum atomic E-state index is 7.59. The van der Waals surface area contributed by atoms with Crippen LogP contribution in [0, 0.1) is 12.3 Å². The van der Waals surface area contributed by atoms with Crippen LogP contribution in [0.25, 0.3) is 17.2 Å². The normalized spacial score (nSPS) is 16.7. The predicted octanol–water partition coefficient (Wildman–Crippen LogP) is 5.01. The molecule has 2 atom stereocenters. The number of hydrogen-bond acceptors (Lipinski definition) is 8. The first-order valence-corrected chi connectivity index (χ1v) is 14.3. The molecular formula is C33H44N8. The Morgan fingerprint density at radius 1 is 1.10 bits per heavy atom. The lowest BCUT2D eigenvalue weighted by Crippen LogP contribution is -2.43. The number of likely N-dealkylation sites (tertiary alicyclic amines) is 1. The van der Waals surface area contributed by atoms with Crippen LogP contribution in [0.4, 0.5) is 5.82 Å². The van der Waals surface area contributed by atoms with Crippen LogP contribution in [0.3, 0.4) is 0 Å². The van der Waals surface area contributed by atoms with Crippen LogP contribution in [0.1, 0.15) is 61.2 Å². The molecule has 2 unspecified atom stereocenters. The van der Waals surface area contributed by atoms with Gasteiger partial charge in [-0.3, -0.25) is 15.2 Å². The molecule has 41 heavy (non-hydrogen) atoms. The van der Waals surface area contributed by atoms with Gasteiger partial charge in [-0.05, 0) is 101 Å². The molecule has 1 aromatic carbocycles. The van der Waals surface area contributed by atoms with E-state index in [9.17, 15) is 0 Å². The van der Waals surface area contributed by atoms with Gasteiger partial charge in [0.1, 0.15) is 5.82 Å². The summed E-state index contributed by atoms with van der Waals surface area (Å²) in [5.74, 6) is 1.08. The lowest BCUT2D eigenvalue weighted by molar-refractivity contribution is 0.228. The smallest absolute Gasteiger partial charge is 0.123 e. The van der Waals surface area contributed by atoms with E-state index in [1.54, 1.807) is 13.0 Å². The number of nitrogens with one attached hydrogen (secondary N) is 3. The molecular weight excluding hydrogens is 508 g/mol. The van der Waals surface area contributed by atoms with Gasteiger partial charge in [-0.25, -0.2) is 4.98 Å². The van der Waals surface area contributed by atoms with E-state index < -0.39 is 0 Å². The summed E-state index contributed by atoms with van der Waals surface area (Å²) in [6.07, 6.45) is 11.5. The molecule has 0 amide bonds. The fraction of sp³-hybridized carbons (Fsp3) is 0.364. The fourth-order valence-electron chi connectivity index (χ4n) is 5.39. The number of nitrogens with two attached hydrogens (primary N) is 2. The van der Waals surface area contributed by atoms with Crippen molar-refractivity contribution in [2.24, 2.45) is 5.73 Å². The van der Waals surface area contributed by atoms with E-state index in [4.69, 9.17) is 16.9 Å². The molecule has 0 aliphatic carbocycles. The number of pyridine rings is 2. The first-order valence-electron chi connectivity index (χ1n) is 14.3. The van der Waals surface area contributed by atoms with Crippen molar-refractivity contribution >= 4 is 17.6 Å². The van der Waals surface area contributed by atoms with Crippen molar-refractivity contribution in [2.45, 2.75) is 51.9 Å². The molecule has 1 fully saturated rings. The Labute approximate surface area is 244 Å². The number of nitrogens with zero attached hydrogens (tertiary/aromatic N) is 3. The van der Waals surface area contributed by atoms with Gasteiger partial charge in [0, 0.05) is 41.5 Å². The highest BCUT2D eigenvalue weighted by Gasteiger charge is 2.21. The highest BCUT2D eigenvalue weighted by atomic mass is 15.2. The highest BCUT2D eigenvalue weighted by Crippen LogP contribution is 2.30. The monoisotopic (exact) mass is 552 g/mol. The minimum absolute atomic E-state index is 0.102. The van der Waals surface area contributed by atoms with Gasteiger partial charge < -0.3 is 22.2 Å². The standard InChI is InChI=1S/C33H44N8/c1-22(19-30-24(3)38-16-13-29(30)28-10-11-31(35)39-20-28)21-41-17-14-26(15-18-41)25-6-8-27(9-7-25)33(36)40-32(37-4)12-5-23(2)34/h5-13,16,19-20,26,32-34,37,40H,14-15,17-18,21,36H2,1-4H3,(H2,35,39)/b12-5-,22-19+,34-23?. The largest absolute Gasteiger partial charge is 0.384 e. The molecule has 1 saturated heterocycles. The first-order chi connectivity index (χ1) is 19.7. The van der Waals surface area contributed by atoms with Crippen LogP contribution in [0.5, 0.6) is 0 Å². The molecule has 216 valence electrons. The number of aromatic nitrogens is 2. The van der Waals surface area contributed by atoms with Crippen LogP contribution >= 0.6 is 0 Å². The summed E-state index contributed by atoms with van der Waals surface area (Å²) in [6.45, 7) is 9.11. The number of benzene rings is 1. The second kappa shape index (κ2) is 14.3. The van der Waals surface area contributed by atoms with Gasteiger partial charge >= 0.3 is 0 Å². The fourth-order valence-corrected chi connectivity index (χ4v) is 5.39. The number of aryl methyl sites for hydroxylation is 1. The van der Waals surface area contributed by atoms with Crippen LogP contribution < -0.4 is 22.1 Å². The zero-order valence-electron chi connectivity index (χ0n) is 24.7. The summed E-state index contributed by atoms with van der Waals surface area (Å²) in [5, 5.41) is 14.1. The summed E-state index contributed by atoms with van der Waals surface area (Å²) in [5.41, 5.74) is 20.8. The van der Waals surface area contributed by atoms with Crippen LogP contribution in [-0.4, -0.2) is 53.4 Å². The zero-order chi connectivity index (χ0) is 29.4. The van der Waals surface area contributed by atoms with E-state index in [0.29, 0.717) is 17.4 Å². The van der Waals surface area contributed by atoms with Crippen LogP contribution in [0.2, 0.25) is 0 Å². The molecule has 0 radical (unpaired) electrons. The highest BCUT2D eigenvalue weighted by molar-refractivity contribution is 5.89. The van der Waals surface area contributed by atoms with Crippen molar-refractivity contribution in [3.8, 4) is 11.1 Å². The van der Waals surface area contributed by atoms with Gasteiger partial charge in [0.15, 0.2) is 0 Å². The number of allylic oxidation sites excluding steroid dienone is 1. The second-order valence-electron chi connectivity index (χ2n) is 11.0. The Bertz CT molecular complexity index is 1350. The van der Waals surface area contributed by atoms with E-state index in [1.165, 1.54) is 11.1 Å². The summed E-state index contributed by atoms with van der Waals surface area (Å²) in [6, 6.07) is 14.6. The SMILES string of the molecule is CNC(/C=C\C(C)=N)NC(N)c1ccc(C2CCN(C/C(C)=C/c3c(-c4ccc(N)nc4)ccnc3C)CC2)cc1. The quantitative estimate of drug-likeness (QED) is 0.167. The maximum Gasteiger partial charge on any atom is 0.123 e. The summed E-state index contributed by atoms with van der Waals surface area (Å²) >= 11 is 0. The second-order valence-corrected chi connectivity index (χ2v) is 11.0. The molecule has 7 N–H and O–H groups in total. The Balaban J connectivity index is 1.33. The van der Waals surface area contributed by atoms with Gasteiger partial charge in [-0.1, -0.05) is 42.0 Å². The van der Waals surface area contributed by atoms with E-state index in [-0.39, 0.29) is 12.3 Å². The van der Waals surface area contributed by atoms with Crippen molar-refractivity contribution in [1.29, 1.82) is 5.41 Å². The Kier molecular flexibility index (Phi) is 10.5. The first kappa shape index (κ1) is 30.3. The van der Waals surface area contributed by atoms with Crippen LogP contribution in [0.15, 0.2) is 72.6 Å². The summed E-state index contributed by atoms with van der Waals surface area (Å²) in [7, 11) is 1.87. The van der Waals surface area contributed by atoms with E-state index in [1.807, 2.05) is 43.7 Å². The third-order valence-corrected chi connectivity index (χ3v) is 7.71. The lowest BCUT2D eigenvalue weighted by atomic mass is 9.88. The number of nitrogen functional groups attached to an aromatic ring is 1.